The van der Waals surface area contributed by atoms with Crippen LogP contribution in [0.4, 0.5) is 4.79 Å². The van der Waals surface area contributed by atoms with Gasteiger partial charge in [0.25, 0.3) is 5.91 Å². The van der Waals surface area contributed by atoms with Gasteiger partial charge in [0.05, 0.1) is 18.4 Å². The van der Waals surface area contributed by atoms with Crippen LogP contribution in [-0.4, -0.2) is 68.6 Å². The number of fused-ring (bicyclic) bond motifs is 1. The van der Waals surface area contributed by atoms with Gasteiger partial charge in [-0.3, -0.25) is 4.79 Å². The Hall–Kier alpha value is -2.64. The number of nitrogens with zero attached hydrogens (tertiary/aromatic N) is 5. The van der Waals surface area contributed by atoms with E-state index in [1.807, 2.05) is 17.3 Å². The van der Waals surface area contributed by atoms with E-state index in [4.69, 9.17) is 4.74 Å². The molecule has 3 fully saturated rings. The highest BCUT2D eigenvalue weighted by Crippen LogP contribution is 2.31. The Bertz CT molecular complexity index is 896. The third kappa shape index (κ3) is 3.00. The summed E-state index contributed by atoms with van der Waals surface area (Å²) in [6, 6.07) is 2.51. The van der Waals surface area contributed by atoms with E-state index in [0.717, 1.165) is 24.0 Å². The molecule has 0 spiro atoms. The topological polar surface area (TPSA) is 80.6 Å². The molecule has 2 aromatic heterocycles. The van der Waals surface area contributed by atoms with Crippen LogP contribution in [0.5, 0.6) is 0 Å². The third-order valence-corrected chi connectivity index (χ3v) is 6.36. The molecule has 0 bridgehead atoms. The van der Waals surface area contributed by atoms with Gasteiger partial charge in [-0.25, -0.2) is 14.8 Å². The molecule has 148 valence electrons. The average Bonchev–Trinajstić information content (AvgIpc) is 3.47. The van der Waals surface area contributed by atoms with Gasteiger partial charge in [0.15, 0.2) is 5.65 Å². The predicted molar refractivity (Wildman–Crippen MR) is 102 cm³/mol. The van der Waals surface area contributed by atoms with E-state index >= 15 is 0 Å². The Morgan fingerprint density at radius 2 is 1.82 bits per heavy atom. The lowest BCUT2D eigenvalue weighted by molar-refractivity contribution is 0.0658. The lowest BCUT2D eigenvalue weighted by Gasteiger charge is -2.35. The van der Waals surface area contributed by atoms with E-state index in [0.29, 0.717) is 37.8 Å². The number of likely N-dealkylation sites (tertiary alicyclic amines) is 1. The van der Waals surface area contributed by atoms with Crippen LogP contribution in [0, 0.1) is 0 Å². The van der Waals surface area contributed by atoms with Gasteiger partial charge >= 0.3 is 6.09 Å². The third-order valence-electron chi connectivity index (χ3n) is 6.36. The molecule has 2 saturated heterocycles. The zero-order valence-electron chi connectivity index (χ0n) is 15.9. The predicted octanol–water partition coefficient (Wildman–Crippen LogP) is 2.60. The molecule has 28 heavy (non-hydrogen) atoms. The zero-order valence-corrected chi connectivity index (χ0v) is 15.9. The van der Waals surface area contributed by atoms with E-state index < -0.39 is 0 Å². The Balaban J connectivity index is 1.28. The summed E-state index contributed by atoms with van der Waals surface area (Å²) in [7, 11) is 0. The number of imidazole rings is 1. The average molecular weight is 383 g/mol. The van der Waals surface area contributed by atoms with Gasteiger partial charge in [-0.2, -0.15) is 0 Å². The molecule has 0 radical (unpaired) electrons. The molecule has 2 aliphatic heterocycles. The molecule has 0 unspecified atom stereocenters. The van der Waals surface area contributed by atoms with Crippen molar-refractivity contribution in [1.29, 1.82) is 0 Å². The molecule has 8 heteroatoms. The highest BCUT2D eigenvalue weighted by atomic mass is 16.6. The van der Waals surface area contributed by atoms with Crippen molar-refractivity contribution >= 4 is 23.2 Å². The minimum atomic E-state index is -0.225. The summed E-state index contributed by atoms with van der Waals surface area (Å²) in [5.41, 5.74) is 2.24. The molecule has 1 aliphatic carbocycles. The second kappa shape index (κ2) is 7.07. The normalized spacial score (nSPS) is 21.6. The van der Waals surface area contributed by atoms with Crippen molar-refractivity contribution < 1.29 is 14.3 Å². The fourth-order valence-electron chi connectivity index (χ4n) is 4.79. The lowest BCUT2D eigenvalue weighted by atomic mass is 10.0. The number of rotatable bonds is 3. The van der Waals surface area contributed by atoms with Crippen LogP contribution in [0.3, 0.4) is 0 Å². The van der Waals surface area contributed by atoms with Crippen LogP contribution >= 0.6 is 0 Å². The number of pyridine rings is 1. The van der Waals surface area contributed by atoms with Crippen LogP contribution in [0.1, 0.15) is 54.9 Å². The summed E-state index contributed by atoms with van der Waals surface area (Å²) in [5.74, 6) is -0.00716. The first kappa shape index (κ1) is 17.5. The van der Waals surface area contributed by atoms with Crippen molar-refractivity contribution in [2.75, 3.05) is 26.2 Å². The smallest absolute Gasteiger partial charge is 0.410 e. The van der Waals surface area contributed by atoms with E-state index in [-0.39, 0.29) is 18.0 Å². The van der Waals surface area contributed by atoms with Gasteiger partial charge in [-0.05, 0) is 31.7 Å². The monoisotopic (exact) mass is 383 g/mol. The largest absolute Gasteiger partial charge is 0.448 e. The quantitative estimate of drug-likeness (QED) is 0.814. The van der Waals surface area contributed by atoms with Crippen LogP contribution in [0.15, 0.2) is 18.6 Å². The van der Waals surface area contributed by atoms with Gasteiger partial charge in [0.1, 0.15) is 12.1 Å². The van der Waals surface area contributed by atoms with Crippen molar-refractivity contribution in [1.82, 2.24) is 24.3 Å². The molecule has 0 aromatic carbocycles. The number of amides is 2. The van der Waals surface area contributed by atoms with Crippen molar-refractivity contribution in [2.45, 2.75) is 50.6 Å². The highest BCUT2D eigenvalue weighted by Gasteiger charge is 2.33. The van der Waals surface area contributed by atoms with E-state index in [1.165, 1.54) is 25.7 Å². The number of ether oxygens (including phenoxy) is 1. The zero-order chi connectivity index (χ0) is 19.1. The number of aromatic nitrogens is 3. The molecule has 1 saturated carbocycles. The maximum Gasteiger partial charge on any atom is 0.410 e. The fraction of sp³-hybridized carbons (Fsp3) is 0.600. The number of hydrogen-bond donors (Lipinski definition) is 0. The van der Waals surface area contributed by atoms with Gasteiger partial charge < -0.3 is 19.1 Å². The van der Waals surface area contributed by atoms with Gasteiger partial charge in [0.2, 0.25) is 0 Å². The summed E-state index contributed by atoms with van der Waals surface area (Å²) >= 11 is 0. The second-order valence-electron chi connectivity index (χ2n) is 7.99. The molecule has 3 aliphatic rings. The summed E-state index contributed by atoms with van der Waals surface area (Å²) in [6.07, 6.45) is 9.75. The summed E-state index contributed by atoms with van der Waals surface area (Å²) in [6.45, 7) is 2.41. The maximum atomic E-state index is 12.9. The Kier molecular flexibility index (Phi) is 4.41. The van der Waals surface area contributed by atoms with Gasteiger partial charge in [-0.15, -0.1) is 0 Å². The van der Waals surface area contributed by atoms with Crippen molar-refractivity contribution in [3.05, 3.63) is 24.2 Å². The molecule has 2 aromatic rings. The van der Waals surface area contributed by atoms with Crippen LogP contribution < -0.4 is 0 Å². The number of carbonyl (C=O) groups excluding carboxylic acids is 2. The molecule has 0 atom stereocenters. The number of piperidine rings is 1. The van der Waals surface area contributed by atoms with Crippen LogP contribution in [0.25, 0.3) is 11.2 Å². The molecule has 5 rings (SSSR count). The van der Waals surface area contributed by atoms with Crippen molar-refractivity contribution in [2.24, 2.45) is 0 Å². The lowest BCUT2D eigenvalue weighted by Crippen LogP contribution is -2.47. The Labute approximate surface area is 163 Å². The van der Waals surface area contributed by atoms with Gasteiger partial charge in [0, 0.05) is 31.4 Å². The molecule has 0 N–H and O–H groups in total. The Morgan fingerprint density at radius 3 is 2.54 bits per heavy atom. The highest BCUT2D eigenvalue weighted by molar-refractivity contribution is 5.96. The standard InChI is InChI=1S/C20H25N5O3/c26-19(23-7-5-16(6-8-23)24-9-10-28-20(24)27)14-11-17-18(21-12-14)25(13-22-17)15-3-1-2-4-15/h11-13,15-16H,1-10H2. The summed E-state index contributed by atoms with van der Waals surface area (Å²) < 4.78 is 7.20. The number of hydrogen-bond acceptors (Lipinski definition) is 5. The molecule has 4 heterocycles. The summed E-state index contributed by atoms with van der Waals surface area (Å²) in [5, 5.41) is 0. The first-order valence-corrected chi connectivity index (χ1v) is 10.3. The molecule has 2 amide bonds. The van der Waals surface area contributed by atoms with Crippen molar-refractivity contribution in [3.63, 3.8) is 0 Å². The minimum absolute atomic E-state index is 0.00716. The van der Waals surface area contributed by atoms with E-state index in [1.54, 1.807) is 11.1 Å². The van der Waals surface area contributed by atoms with Gasteiger partial charge in [-0.1, -0.05) is 12.8 Å². The minimum Gasteiger partial charge on any atom is -0.448 e. The van der Waals surface area contributed by atoms with Crippen LogP contribution in [0.2, 0.25) is 0 Å². The summed E-state index contributed by atoms with van der Waals surface area (Å²) in [4.78, 5) is 37.4. The SMILES string of the molecule is O=C(c1cnc2c(c1)ncn2C1CCCC1)N1CCC(N2CCOC2=O)CC1. The maximum absolute atomic E-state index is 12.9. The van der Waals surface area contributed by atoms with E-state index in [2.05, 4.69) is 14.5 Å². The molecular weight excluding hydrogens is 358 g/mol. The Morgan fingerprint density at radius 1 is 1.04 bits per heavy atom. The second-order valence-corrected chi connectivity index (χ2v) is 7.99. The van der Waals surface area contributed by atoms with E-state index in [9.17, 15) is 9.59 Å². The molecule has 8 nitrogen and oxygen atoms in total. The molecular formula is C20H25N5O3. The first-order chi connectivity index (χ1) is 13.7. The fourth-order valence-corrected chi connectivity index (χ4v) is 4.79. The van der Waals surface area contributed by atoms with Crippen molar-refractivity contribution in [3.8, 4) is 0 Å². The van der Waals surface area contributed by atoms with Crippen LogP contribution in [-0.2, 0) is 4.74 Å². The first-order valence-electron chi connectivity index (χ1n) is 10.3. The number of carbonyl (C=O) groups is 2. The number of cyclic esters (lactones) is 1.